The summed E-state index contributed by atoms with van der Waals surface area (Å²) in [6, 6.07) is 4.52. The Kier molecular flexibility index (Phi) is 5.88. The number of amides is 3. The van der Waals surface area contributed by atoms with E-state index < -0.39 is 11.1 Å². The van der Waals surface area contributed by atoms with E-state index in [-0.39, 0.29) is 28.1 Å². The van der Waals surface area contributed by atoms with Gasteiger partial charge in [0, 0.05) is 13.1 Å². The van der Waals surface area contributed by atoms with Crippen molar-refractivity contribution in [2.45, 2.75) is 25.7 Å². The van der Waals surface area contributed by atoms with Gasteiger partial charge < -0.3 is 10.0 Å². The van der Waals surface area contributed by atoms with Crippen LogP contribution in [0, 0.1) is 0 Å². The van der Waals surface area contributed by atoms with Crippen LogP contribution in [0.1, 0.15) is 31.2 Å². The third-order valence-corrected chi connectivity index (χ3v) is 5.61. The van der Waals surface area contributed by atoms with Crippen molar-refractivity contribution in [1.29, 1.82) is 0 Å². The number of carbonyl (C=O) groups is 3. The minimum absolute atomic E-state index is 0.0556. The monoisotopic (exact) mass is 394 g/mol. The van der Waals surface area contributed by atoms with E-state index in [2.05, 4.69) is 0 Å². The highest BCUT2D eigenvalue weighted by molar-refractivity contribution is 8.18. The zero-order chi connectivity index (χ0) is 18.7. The molecule has 0 spiro atoms. The third-order valence-electron chi connectivity index (χ3n) is 4.40. The zero-order valence-electron chi connectivity index (χ0n) is 14.1. The first-order valence-electron chi connectivity index (χ1n) is 8.47. The topological polar surface area (TPSA) is 77.9 Å². The Labute approximate surface area is 160 Å². The highest BCUT2D eigenvalue weighted by Crippen LogP contribution is 2.33. The summed E-state index contributed by atoms with van der Waals surface area (Å²) >= 11 is 6.66. The van der Waals surface area contributed by atoms with Gasteiger partial charge in [0.05, 0.1) is 9.93 Å². The quantitative estimate of drug-likeness (QED) is 0.794. The van der Waals surface area contributed by atoms with E-state index in [9.17, 15) is 19.5 Å². The average molecular weight is 395 g/mol. The largest absolute Gasteiger partial charge is 0.506 e. The summed E-state index contributed by atoms with van der Waals surface area (Å²) in [5.41, 5.74) is 0.595. The van der Waals surface area contributed by atoms with E-state index in [1.807, 2.05) is 0 Å². The number of hydrogen-bond acceptors (Lipinski definition) is 5. The molecule has 3 rings (SSSR count). The molecular weight excluding hydrogens is 376 g/mol. The van der Waals surface area contributed by atoms with E-state index in [0.717, 1.165) is 42.3 Å². The minimum Gasteiger partial charge on any atom is -0.506 e. The molecule has 0 bridgehead atoms. The smallest absolute Gasteiger partial charge is 0.294 e. The van der Waals surface area contributed by atoms with Gasteiger partial charge in [-0.3, -0.25) is 19.3 Å². The number of aromatic hydroxyl groups is 1. The van der Waals surface area contributed by atoms with Gasteiger partial charge in [0.15, 0.2) is 0 Å². The van der Waals surface area contributed by atoms with Crippen molar-refractivity contribution < 1.29 is 19.5 Å². The number of thioether (sulfide) groups is 1. The van der Waals surface area contributed by atoms with Gasteiger partial charge in [-0.15, -0.1) is 0 Å². The first kappa shape index (κ1) is 18.8. The molecule has 0 aliphatic carbocycles. The molecule has 6 nitrogen and oxygen atoms in total. The van der Waals surface area contributed by atoms with Gasteiger partial charge in [0.25, 0.3) is 11.1 Å². The van der Waals surface area contributed by atoms with Gasteiger partial charge in [-0.1, -0.05) is 30.5 Å². The van der Waals surface area contributed by atoms with Crippen LogP contribution in [0.15, 0.2) is 23.1 Å². The van der Waals surface area contributed by atoms with Gasteiger partial charge in [0.1, 0.15) is 12.3 Å². The molecule has 2 saturated heterocycles. The number of hydrogen-bond donors (Lipinski definition) is 1. The normalized spacial score (nSPS) is 20.0. The van der Waals surface area contributed by atoms with Crippen LogP contribution in [0.5, 0.6) is 5.75 Å². The van der Waals surface area contributed by atoms with Crippen LogP contribution in [0.2, 0.25) is 5.02 Å². The maximum Gasteiger partial charge on any atom is 0.294 e. The number of imide groups is 1. The fourth-order valence-electron chi connectivity index (χ4n) is 2.96. The number of benzene rings is 1. The molecule has 1 aromatic rings. The minimum atomic E-state index is -0.479. The third kappa shape index (κ3) is 4.22. The average Bonchev–Trinajstić information content (AvgIpc) is 2.82. The Bertz CT molecular complexity index is 772. The van der Waals surface area contributed by atoms with Crippen molar-refractivity contribution in [3.63, 3.8) is 0 Å². The Morgan fingerprint density at radius 1 is 1.19 bits per heavy atom. The lowest BCUT2D eigenvalue weighted by Crippen LogP contribution is -2.42. The van der Waals surface area contributed by atoms with Crippen LogP contribution in [0.25, 0.3) is 6.08 Å². The molecule has 2 heterocycles. The van der Waals surface area contributed by atoms with Crippen molar-refractivity contribution >= 4 is 46.5 Å². The lowest BCUT2D eigenvalue weighted by Gasteiger charge is -2.22. The Morgan fingerprint density at radius 3 is 2.54 bits per heavy atom. The second-order valence-electron chi connectivity index (χ2n) is 6.27. The fourth-order valence-corrected chi connectivity index (χ4v) is 3.98. The number of carbonyl (C=O) groups excluding carboxylic acids is 3. The fraction of sp³-hybridized carbons (Fsp3) is 0.389. The molecule has 0 unspecified atom stereocenters. The molecule has 8 heteroatoms. The molecule has 1 aromatic carbocycles. The van der Waals surface area contributed by atoms with Crippen molar-refractivity contribution in [2.75, 3.05) is 19.6 Å². The van der Waals surface area contributed by atoms with Crippen LogP contribution >= 0.6 is 23.4 Å². The molecule has 26 heavy (non-hydrogen) atoms. The Balaban J connectivity index is 1.71. The van der Waals surface area contributed by atoms with Gasteiger partial charge in [-0.25, -0.2) is 0 Å². The standard InChI is InChI=1S/C18H19ClN2O4S/c19-13-9-12(5-6-14(13)22)10-15-17(24)21(18(25)26-15)11-16(23)20-7-3-1-2-4-8-20/h5-6,9-10,22H,1-4,7-8,11H2/b15-10-. The number of nitrogens with zero attached hydrogens (tertiary/aromatic N) is 2. The van der Waals surface area contributed by atoms with E-state index >= 15 is 0 Å². The van der Waals surface area contributed by atoms with E-state index in [1.54, 1.807) is 11.0 Å². The van der Waals surface area contributed by atoms with Crippen molar-refractivity contribution in [2.24, 2.45) is 0 Å². The van der Waals surface area contributed by atoms with Crippen molar-refractivity contribution in [3.8, 4) is 5.75 Å². The highest BCUT2D eigenvalue weighted by atomic mass is 35.5. The molecule has 138 valence electrons. The summed E-state index contributed by atoms with van der Waals surface area (Å²) in [4.78, 5) is 40.1. The predicted octanol–water partition coefficient (Wildman–Crippen LogP) is 3.48. The summed E-state index contributed by atoms with van der Waals surface area (Å²) in [5.74, 6) is -0.726. The molecule has 3 amide bonds. The molecule has 2 aliphatic rings. The number of rotatable bonds is 3. The van der Waals surface area contributed by atoms with Crippen LogP contribution in [-0.2, 0) is 9.59 Å². The number of phenols is 1. The van der Waals surface area contributed by atoms with E-state index in [4.69, 9.17) is 11.6 Å². The summed E-state index contributed by atoms with van der Waals surface area (Å²) in [6.07, 6.45) is 5.64. The molecular formula is C18H19ClN2O4S. The maximum atomic E-state index is 12.5. The van der Waals surface area contributed by atoms with Crippen molar-refractivity contribution in [1.82, 2.24) is 9.80 Å². The van der Waals surface area contributed by atoms with Crippen LogP contribution in [0.4, 0.5) is 4.79 Å². The molecule has 0 radical (unpaired) electrons. The summed E-state index contributed by atoms with van der Waals surface area (Å²) < 4.78 is 0. The molecule has 1 N–H and O–H groups in total. The Morgan fingerprint density at radius 2 is 1.88 bits per heavy atom. The lowest BCUT2D eigenvalue weighted by atomic mass is 10.2. The molecule has 2 fully saturated rings. The van der Waals surface area contributed by atoms with Crippen molar-refractivity contribution in [3.05, 3.63) is 33.7 Å². The Hall–Kier alpha value is -1.99. The van der Waals surface area contributed by atoms with Gasteiger partial charge in [-0.05, 0) is 48.4 Å². The highest BCUT2D eigenvalue weighted by Gasteiger charge is 2.37. The first-order chi connectivity index (χ1) is 12.5. The summed E-state index contributed by atoms with van der Waals surface area (Å²) in [5, 5.41) is 9.17. The zero-order valence-corrected chi connectivity index (χ0v) is 15.7. The molecule has 0 aromatic heterocycles. The SMILES string of the molecule is O=C(CN1C(=O)S/C(=C\c2ccc(O)c(Cl)c2)C1=O)N1CCCCCC1. The molecule has 0 saturated carbocycles. The second kappa shape index (κ2) is 8.14. The van der Waals surface area contributed by atoms with Crippen LogP contribution in [0.3, 0.4) is 0 Å². The molecule has 2 aliphatic heterocycles. The van der Waals surface area contributed by atoms with E-state index in [0.29, 0.717) is 18.7 Å². The summed E-state index contributed by atoms with van der Waals surface area (Å²) in [7, 11) is 0. The van der Waals surface area contributed by atoms with E-state index in [1.165, 1.54) is 18.2 Å². The lowest BCUT2D eigenvalue weighted by molar-refractivity contribution is -0.135. The number of phenolic OH excluding ortho intramolecular Hbond substituents is 1. The summed E-state index contributed by atoms with van der Waals surface area (Å²) in [6.45, 7) is 1.13. The maximum absolute atomic E-state index is 12.5. The number of likely N-dealkylation sites (tertiary alicyclic amines) is 1. The van der Waals surface area contributed by atoms with Crippen LogP contribution < -0.4 is 0 Å². The van der Waals surface area contributed by atoms with Crippen LogP contribution in [-0.4, -0.2) is 51.6 Å². The predicted molar refractivity (Wildman–Crippen MR) is 101 cm³/mol. The molecule has 0 atom stereocenters. The second-order valence-corrected chi connectivity index (χ2v) is 7.67. The first-order valence-corrected chi connectivity index (χ1v) is 9.67. The van der Waals surface area contributed by atoms with Gasteiger partial charge in [-0.2, -0.15) is 0 Å². The number of halogens is 1. The van der Waals surface area contributed by atoms with Gasteiger partial charge >= 0.3 is 0 Å². The van der Waals surface area contributed by atoms with Gasteiger partial charge in [0.2, 0.25) is 5.91 Å².